The zero-order valence-corrected chi connectivity index (χ0v) is 18.0. The summed E-state index contributed by atoms with van der Waals surface area (Å²) in [5.41, 5.74) is 1.65. The third kappa shape index (κ3) is 6.22. The highest BCUT2D eigenvalue weighted by Gasteiger charge is 2.29. The van der Waals surface area contributed by atoms with Crippen LogP contribution in [0.1, 0.15) is 30.6 Å². The summed E-state index contributed by atoms with van der Waals surface area (Å²) in [6, 6.07) is 4.82. The molecule has 2 atom stereocenters. The van der Waals surface area contributed by atoms with E-state index >= 15 is 0 Å². The van der Waals surface area contributed by atoms with Gasteiger partial charge in [-0.15, -0.1) is 23.7 Å². The van der Waals surface area contributed by atoms with Crippen molar-refractivity contribution in [3.63, 3.8) is 0 Å². The topological polar surface area (TPSA) is 92.4 Å². The molecule has 3 N–H and O–H groups in total. The van der Waals surface area contributed by atoms with E-state index in [1.165, 1.54) is 18.3 Å². The molecule has 2 amide bonds. The molecule has 1 unspecified atom stereocenters. The highest BCUT2D eigenvalue weighted by atomic mass is 35.5. The summed E-state index contributed by atoms with van der Waals surface area (Å²) < 4.78 is 5.20. The van der Waals surface area contributed by atoms with Crippen LogP contribution in [0.25, 0.3) is 0 Å². The molecule has 2 heterocycles. The Hall–Kier alpha value is -1.58. The van der Waals surface area contributed by atoms with Crippen LogP contribution in [-0.4, -0.2) is 29.6 Å². The Kier molecular flexibility index (Phi) is 8.33. The van der Waals surface area contributed by atoms with Crippen molar-refractivity contribution in [1.29, 1.82) is 0 Å². The standard InChI is InChI=1S/C17H18Cl2N4O3S.ClH/c1-9(24)26-11-5-14(20-7-11)15-8-27-17(22-15)23-16(25)21-6-10-2-3-12(18)13(19)4-10;/h2-4,8,11,14,20H,5-7H2,1H3,(H2,21,22,23,25);1H/t11?,14-;/m1./s1. The van der Waals surface area contributed by atoms with Gasteiger partial charge in [0.25, 0.3) is 0 Å². The molecule has 1 saturated heterocycles. The lowest BCUT2D eigenvalue weighted by Crippen LogP contribution is -2.28. The van der Waals surface area contributed by atoms with E-state index in [2.05, 4.69) is 20.9 Å². The minimum Gasteiger partial charge on any atom is -0.461 e. The lowest BCUT2D eigenvalue weighted by Gasteiger charge is -2.09. The van der Waals surface area contributed by atoms with Gasteiger partial charge in [0.1, 0.15) is 6.10 Å². The lowest BCUT2D eigenvalue weighted by molar-refractivity contribution is -0.145. The number of aromatic nitrogens is 1. The normalized spacial score (nSPS) is 18.2. The summed E-state index contributed by atoms with van der Waals surface area (Å²) in [5, 5.41) is 12.0. The highest BCUT2D eigenvalue weighted by Crippen LogP contribution is 2.28. The van der Waals surface area contributed by atoms with Crippen LogP contribution >= 0.6 is 46.9 Å². The number of carbonyl (C=O) groups excluding carboxylic acids is 2. The van der Waals surface area contributed by atoms with Crippen molar-refractivity contribution < 1.29 is 14.3 Å². The third-order valence-corrected chi connectivity index (χ3v) is 5.47. The summed E-state index contributed by atoms with van der Waals surface area (Å²) in [5.74, 6) is -0.290. The van der Waals surface area contributed by atoms with Crippen molar-refractivity contribution in [2.45, 2.75) is 32.0 Å². The first-order chi connectivity index (χ1) is 12.9. The lowest BCUT2D eigenvalue weighted by atomic mass is 10.1. The van der Waals surface area contributed by atoms with Gasteiger partial charge in [-0.05, 0) is 17.7 Å². The zero-order valence-electron chi connectivity index (χ0n) is 14.8. The number of thiazole rings is 1. The molecule has 0 radical (unpaired) electrons. The second-order valence-electron chi connectivity index (χ2n) is 6.06. The first-order valence-electron chi connectivity index (χ1n) is 8.25. The molecule has 11 heteroatoms. The van der Waals surface area contributed by atoms with Crippen LogP contribution in [0.15, 0.2) is 23.6 Å². The SMILES string of the molecule is CC(=O)OC1CN[C@@H](c2csc(NC(=O)NCc3ccc(Cl)c(Cl)c3)n2)C1.Cl. The first kappa shape index (κ1) is 22.7. The number of halogens is 3. The second kappa shape index (κ2) is 10.3. The van der Waals surface area contributed by atoms with E-state index in [1.54, 1.807) is 18.2 Å². The number of esters is 1. The van der Waals surface area contributed by atoms with Gasteiger partial charge in [-0.2, -0.15) is 0 Å². The molecule has 1 aliphatic heterocycles. The summed E-state index contributed by atoms with van der Waals surface area (Å²) in [4.78, 5) is 27.5. The average Bonchev–Trinajstić information content (AvgIpc) is 3.25. The molecular formula is C17H19Cl3N4O3S. The molecule has 152 valence electrons. The van der Waals surface area contributed by atoms with Crippen molar-refractivity contribution in [1.82, 2.24) is 15.6 Å². The van der Waals surface area contributed by atoms with Gasteiger partial charge in [0.15, 0.2) is 5.13 Å². The maximum absolute atomic E-state index is 12.1. The molecule has 2 aromatic rings. The second-order valence-corrected chi connectivity index (χ2v) is 7.73. The van der Waals surface area contributed by atoms with Gasteiger partial charge in [0.05, 0.1) is 21.8 Å². The quantitative estimate of drug-likeness (QED) is 0.577. The largest absolute Gasteiger partial charge is 0.461 e. The molecule has 0 spiro atoms. The number of rotatable bonds is 5. The summed E-state index contributed by atoms with van der Waals surface area (Å²) in [6.45, 7) is 2.30. The van der Waals surface area contributed by atoms with Gasteiger partial charge in [-0.1, -0.05) is 29.3 Å². The Morgan fingerprint density at radius 3 is 2.86 bits per heavy atom. The van der Waals surface area contributed by atoms with Crippen LogP contribution in [0.2, 0.25) is 10.0 Å². The molecule has 0 aliphatic carbocycles. The van der Waals surface area contributed by atoms with E-state index in [0.717, 1.165) is 11.3 Å². The van der Waals surface area contributed by atoms with Gasteiger partial charge >= 0.3 is 12.0 Å². The number of nitrogens with zero attached hydrogens (tertiary/aromatic N) is 1. The molecule has 3 rings (SSSR count). The predicted octanol–water partition coefficient (Wildman–Crippen LogP) is 4.16. The molecular weight excluding hydrogens is 447 g/mol. The van der Waals surface area contributed by atoms with E-state index in [4.69, 9.17) is 27.9 Å². The third-order valence-electron chi connectivity index (χ3n) is 3.96. The summed E-state index contributed by atoms with van der Waals surface area (Å²) >= 11 is 13.2. The fourth-order valence-corrected chi connectivity index (χ4v) is 3.81. The van der Waals surface area contributed by atoms with Crippen molar-refractivity contribution in [2.75, 3.05) is 11.9 Å². The number of nitrogens with one attached hydrogen (secondary N) is 3. The van der Waals surface area contributed by atoms with Crippen molar-refractivity contribution in [3.8, 4) is 0 Å². The smallest absolute Gasteiger partial charge is 0.321 e. The van der Waals surface area contributed by atoms with Crippen LogP contribution in [0.5, 0.6) is 0 Å². The first-order valence-corrected chi connectivity index (χ1v) is 9.89. The van der Waals surface area contributed by atoms with Gasteiger partial charge in [0.2, 0.25) is 0 Å². The maximum atomic E-state index is 12.1. The van der Waals surface area contributed by atoms with Gasteiger partial charge < -0.3 is 15.4 Å². The minimum atomic E-state index is -0.362. The molecule has 28 heavy (non-hydrogen) atoms. The monoisotopic (exact) mass is 464 g/mol. The fourth-order valence-electron chi connectivity index (χ4n) is 2.73. The summed E-state index contributed by atoms with van der Waals surface area (Å²) in [7, 11) is 0. The molecule has 1 aliphatic rings. The van der Waals surface area contributed by atoms with E-state index in [1.807, 2.05) is 5.38 Å². The van der Waals surface area contributed by atoms with Crippen LogP contribution in [-0.2, 0) is 16.1 Å². The van der Waals surface area contributed by atoms with E-state index in [9.17, 15) is 9.59 Å². The molecule has 7 nitrogen and oxygen atoms in total. The fraction of sp³-hybridized carbons (Fsp3) is 0.353. The Balaban J connectivity index is 0.00000280. The predicted molar refractivity (Wildman–Crippen MR) is 113 cm³/mol. The van der Waals surface area contributed by atoms with Crippen molar-refractivity contribution in [2.24, 2.45) is 0 Å². The number of hydrogen-bond donors (Lipinski definition) is 3. The maximum Gasteiger partial charge on any atom is 0.321 e. The molecule has 0 saturated carbocycles. The number of carbonyl (C=O) groups is 2. The summed E-state index contributed by atoms with van der Waals surface area (Å²) in [6.07, 6.45) is 0.506. The van der Waals surface area contributed by atoms with Gasteiger partial charge in [-0.3, -0.25) is 10.1 Å². The number of ether oxygens (including phenoxy) is 1. The van der Waals surface area contributed by atoms with Crippen molar-refractivity contribution in [3.05, 3.63) is 44.9 Å². The van der Waals surface area contributed by atoms with Gasteiger partial charge in [-0.25, -0.2) is 9.78 Å². The number of hydrogen-bond acceptors (Lipinski definition) is 6. The van der Waals surface area contributed by atoms with Crippen LogP contribution in [0, 0.1) is 0 Å². The van der Waals surface area contributed by atoms with E-state index in [-0.39, 0.29) is 36.6 Å². The Morgan fingerprint density at radius 1 is 1.36 bits per heavy atom. The number of urea groups is 1. The highest BCUT2D eigenvalue weighted by molar-refractivity contribution is 7.13. The van der Waals surface area contributed by atoms with Crippen LogP contribution < -0.4 is 16.0 Å². The molecule has 1 fully saturated rings. The Bertz CT molecular complexity index is 849. The molecule has 1 aromatic carbocycles. The molecule has 1 aromatic heterocycles. The molecule has 0 bridgehead atoms. The van der Waals surface area contributed by atoms with Crippen LogP contribution in [0.4, 0.5) is 9.93 Å². The van der Waals surface area contributed by atoms with Crippen LogP contribution in [0.3, 0.4) is 0 Å². The van der Waals surface area contributed by atoms with Gasteiger partial charge in [0, 0.05) is 31.8 Å². The average molecular weight is 466 g/mol. The van der Waals surface area contributed by atoms with E-state index < -0.39 is 0 Å². The zero-order chi connectivity index (χ0) is 19.4. The van der Waals surface area contributed by atoms with Crippen molar-refractivity contribution >= 4 is 64.1 Å². The number of anilines is 1. The van der Waals surface area contributed by atoms with E-state index in [0.29, 0.717) is 34.7 Å². The number of amides is 2. The Morgan fingerprint density at radius 2 is 2.14 bits per heavy atom. The Labute approximate surface area is 182 Å². The minimum absolute atomic E-state index is 0. The number of benzene rings is 1.